The van der Waals surface area contributed by atoms with Gasteiger partial charge < -0.3 is 4.90 Å². The van der Waals surface area contributed by atoms with Gasteiger partial charge >= 0.3 is 0 Å². The quantitative estimate of drug-likeness (QED) is 0.797. The summed E-state index contributed by atoms with van der Waals surface area (Å²) in [5.41, 5.74) is 1.69. The molecule has 23 heavy (non-hydrogen) atoms. The first-order valence-corrected chi connectivity index (χ1v) is 9.65. The van der Waals surface area contributed by atoms with E-state index in [9.17, 15) is 4.79 Å². The van der Waals surface area contributed by atoms with E-state index in [0.29, 0.717) is 5.91 Å². The van der Waals surface area contributed by atoms with Gasteiger partial charge in [0.15, 0.2) is 0 Å². The van der Waals surface area contributed by atoms with E-state index in [0.717, 1.165) is 50.6 Å². The molecule has 0 aromatic carbocycles. The van der Waals surface area contributed by atoms with E-state index in [1.807, 2.05) is 29.7 Å². The lowest BCUT2D eigenvalue weighted by Crippen LogP contribution is -2.66. The van der Waals surface area contributed by atoms with Crippen LogP contribution in [0.1, 0.15) is 27.6 Å². The standard InChI is InChI=1S/C16H20N4OS2/c1-12-18-6-14(23-12)7-19-4-2-3-16(9-19)10-20(15(16)21)8-13-5-17-11-22-13/h5-6,11H,2-4,7-10H2,1H3. The summed E-state index contributed by atoms with van der Waals surface area (Å²) in [5, 5.41) is 1.11. The predicted molar refractivity (Wildman–Crippen MR) is 91.3 cm³/mol. The molecule has 2 fully saturated rings. The largest absolute Gasteiger partial charge is 0.336 e. The molecule has 2 aromatic heterocycles. The number of thiazole rings is 2. The number of piperidine rings is 1. The van der Waals surface area contributed by atoms with E-state index < -0.39 is 0 Å². The van der Waals surface area contributed by atoms with Crippen molar-refractivity contribution in [2.24, 2.45) is 5.41 Å². The molecule has 7 heteroatoms. The van der Waals surface area contributed by atoms with E-state index in [4.69, 9.17) is 0 Å². The Labute approximate surface area is 144 Å². The number of aryl methyl sites for hydroxylation is 1. The topological polar surface area (TPSA) is 49.3 Å². The van der Waals surface area contributed by atoms with Crippen molar-refractivity contribution in [2.45, 2.75) is 32.9 Å². The Morgan fingerprint density at radius 2 is 2.17 bits per heavy atom. The molecule has 2 aliphatic heterocycles. The second-order valence-electron chi connectivity index (χ2n) is 6.57. The van der Waals surface area contributed by atoms with Crippen LogP contribution in [0.3, 0.4) is 0 Å². The fraction of sp³-hybridized carbons (Fsp3) is 0.562. The fourth-order valence-electron chi connectivity index (χ4n) is 3.75. The molecule has 1 amide bonds. The number of hydrogen-bond acceptors (Lipinski definition) is 6. The summed E-state index contributed by atoms with van der Waals surface area (Å²) in [6.07, 6.45) is 5.98. The third-order valence-electron chi connectivity index (χ3n) is 4.77. The maximum Gasteiger partial charge on any atom is 0.232 e. The molecule has 4 heterocycles. The normalized spacial score (nSPS) is 25.1. The number of hydrogen-bond donors (Lipinski definition) is 0. The van der Waals surface area contributed by atoms with Gasteiger partial charge in [0.2, 0.25) is 5.91 Å². The number of carbonyl (C=O) groups excluding carboxylic acids is 1. The first-order chi connectivity index (χ1) is 11.1. The predicted octanol–water partition coefficient (Wildman–Crippen LogP) is 2.53. The van der Waals surface area contributed by atoms with Crippen LogP contribution in [-0.2, 0) is 17.9 Å². The number of carbonyl (C=O) groups is 1. The number of β-lactam (4-membered cyclic amide) rings is 1. The first-order valence-electron chi connectivity index (χ1n) is 7.95. The molecule has 0 aliphatic carbocycles. The number of amides is 1. The van der Waals surface area contributed by atoms with Crippen LogP contribution in [0.4, 0.5) is 0 Å². The van der Waals surface area contributed by atoms with E-state index >= 15 is 0 Å². The minimum atomic E-state index is -0.136. The van der Waals surface area contributed by atoms with Crippen molar-refractivity contribution in [1.82, 2.24) is 19.8 Å². The summed E-state index contributed by atoms with van der Waals surface area (Å²) in [6, 6.07) is 0. The van der Waals surface area contributed by atoms with Crippen molar-refractivity contribution in [3.8, 4) is 0 Å². The average molecular weight is 348 g/mol. The second-order valence-corrected chi connectivity index (χ2v) is 8.86. The zero-order chi connectivity index (χ0) is 15.9. The zero-order valence-corrected chi connectivity index (χ0v) is 14.8. The summed E-state index contributed by atoms with van der Waals surface area (Å²) >= 11 is 3.38. The zero-order valence-electron chi connectivity index (χ0n) is 13.2. The molecule has 1 atom stereocenters. The lowest BCUT2D eigenvalue weighted by molar-refractivity contribution is -0.167. The van der Waals surface area contributed by atoms with Gasteiger partial charge in [-0.2, -0.15) is 0 Å². The van der Waals surface area contributed by atoms with Crippen LogP contribution in [0, 0.1) is 12.3 Å². The van der Waals surface area contributed by atoms with Gasteiger partial charge in [-0.1, -0.05) is 0 Å². The van der Waals surface area contributed by atoms with E-state index in [2.05, 4.69) is 14.9 Å². The summed E-state index contributed by atoms with van der Waals surface area (Å²) in [7, 11) is 0. The van der Waals surface area contributed by atoms with E-state index in [-0.39, 0.29) is 5.41 Å². The van der Waals surface area contributed by atoms with E-state index in [1.165, 1.54) is 9.75 Å². The molecule has 4 rings (SSSR count). The smallest absolute Gasteiger partial charge is 0.232 e. The van der Waals surface area contributed by atoms with Crippen LogP contribution in [0.5, 0.6) is 0 Å². The Morgan fingerprint density at radius 1 is 1.26 bits per heavy atom. The molecular formula is C16H20N4OS2. The van der Waals surface area contributed by atoms with Crippen LogP contribution < -0.4 is 0 Å². The van der Waals surface area contributed by atoms with Crippen LogP contribution in [0.15, 0.2) is 17.9 Å². The summed E-state index contributed by atoms with van der Waals surface area (Å²) in [4.78, 5) is 28.0. The van der Waals surface area contributed by atoms with E-state index in [1.54, 1.807) is 22.7 Å². The Morgan fingerprint density at radius 3 is 2.87 bits per heavy atom. The van der Waals surface area contributed by atoms with Gasteiger partial charge in [0.05, 0.1) is 22.5 Å². The van der Waals surface area contributed by atoms with Gasteiger partial charge in [-0.05, 0) is 26.3 Å². The molecule has 1 unspecified atom stereocenters. The third kappa shape index (κ3) is 2.93. The highest BCUT2D eigenvalue weighted by molar-refractivity contribution is 7.11. The van der Waals surface area contributed by atoms with Crippen LogP contribution in [0.25, 0.3) is 0 Å². The van der Waals surface area contributed by atoms with Gasteiger partial charge in [0, 0.05) is 41.8 Å². The number of likely N-dealkylation sites (tertiary alicyclic amines) is 2. The van der Waals surface area contributed by atoms with Crippen LogP contribution in [0.2, 0.25) is 0 Å². The summed E-state index contributed by atoms with van der Waals surface area (Å²) in [5.74, 6) is 0.330. The van der Waals surface area contributed by atoms with Crippen molar-refractivity contribution in [3.63, 3.8) is 0 Å². The molecule has 0 bridgehead atoms. The van der Waals surface area contributed by atoms with Gasteiger partial charge in [0.1, 0.15) is 0 Å². The second kappa shape index (κ2) is 5.96. The molecule has 1 spiro atoms. The maximum atomic E-state index is 12.7. The van der Waals surface area contributed by atoms with Crippen molar-refractivity contribution >= 4 is 28.6 Å². The molecule has 5 nitrogen and oxygen atoms in total. The molecule has 0 radical (unpaired) electrons. The van der Waals surface area contributed by atoms with Crippen molar-refractivity contribution in [3.05, 3.63) is 32.7 Å². The molecule has 122 valence electrons. The van der Waals surface area contributed by atoms with Gasteiger partial charge in [-0.15, -0.1) is 22.7 Å². The molecule has 0 N–H and O–H groups in total. The Kier molecular flexibility index (Phi) is 3.95. The van der Waals surface area contributed by atoms with Crippen LogP contribution in [-0.4, -0.2) is 45.3 Å². The summed E-state index contributed by atoms with van der Waals surface area (Å²) in [6.45, 7) is 6.55. The lowest BCUT2D eigenvalue weighted by Gasteiger charge is -2.53. The third-order valence-corrected chi connectivity index (χ3v) is 6.43. The highest BCUT2D eigenvalue weighted by Crippen LogP contribution is 2.41. The SMILES string of the molecule is Cc1ncc(CN2CCCC3(C2)CN(Cc2cncs2)C3=O)s1. The highest BCUT2D eigenvalue weighted by Gasteiger charge is 2.53. The number of rotatable bonds is 4. The number of nitrogens with zero attached hydrogens (tertiary/aromatic N) is 4. The lowest BCUT2D eigenvalue weighted by atomic mass is 9.72. The molecule has 2 aliphatic rings. The maximum absolute atomic E-state index is 12.7. The fourth-order valence-corrected chi connectivity index (χ4v) is 5.20. The van der Waals surface area contributed by atoms with Crippen LogP contribution >= 0.6 is 22.7 Å². The minimum Gasteiger partial charge on any atom is -0.336 e. The highest BCUT2D eigenvalue weighted by atomic mass is 32.1. The van der Waals surface area contributed by atoms with Gasteiger partial charge in [0.25, 0.3) is 0 Å². The summed E-state index contributed by atoms with van der Waals surface area (Å²) < 4.78 is 0. The Bertz CT molecular complexity index is 699. The average Bonchev–Trinajstić information content (AvgIpc) is 3.19. The Balaban J connectivity index is 1.38. The van der Waals surface area contributed by atoms with Gasteiger partial charge in [-0.25, -0.2) is 4.98 Å². The van der Waals surface area contributed by atoms with Crippen molar-refractivity contribution in [2.75, 3.05) is 19.6 Å². The van der Waals surface area contributed by atoms with Crippen molar-refractivity contribution in [1.29, 1.82) is 0 Å². The molecule has 2 aromatic rings. The molecule has 2 saturated heterocycles. The van der Waals surface area contributed by atoms with Crippen molar-refractivity contribution < 1.29 is 4.79 Å². The molecule has 0 saturated carbocycles. The monoisotopic (exact) mass is 348 g/mol. The van der Waals surface area contributed by atoms with Gasteiger partial charge in [-0.3, -0.25) is 14.7 Å². The minimum absolute atomic E-state index is 0.136. The first kappa shape index (κ1) is 15.2. The number of aromatic nitrogens is 2. The molecular weight excluding hydrogens is 328 g/mol. The Hall–Kier alpha value is -1.31.